The van der Waals surface area contributed by atoms with E-state index in [1.54, 1.807) is 0 Å². The van der Waals surface area contributed by atoms with Crippen LogP contribution in [0.2, 0.25) is 0 Å². The van der Waals surface area contributed by atoms with E-state index in [0.29, 0.717) is 12.2 Å². The highest BCUT2D eigenvalue weighted by molar-refractivity contribution is 4.73. The van der Waals surface area contributed by atoms with Gasteiger partial charge in [-0.05, 0) is 46.8 Å². The van der Waals surface area contributed by atoms with Crippen molar-refractivity contribution in [3.05, 3.63) is 0 Å². The van der Waals surface area contributed by atoms with E-state index in [1.165, 1.54) is 84.2 Å². The van der Waals surface area contributed by atoms with Gasteiger partial charge in [0.1, 0.15) is 0 Å². The van der Waals surface area contributed by atoms with Crippen LogP contribution in [0.1, 0.15) is 58.8 Å². The predicted octanol–water partition coefficient (Wildman–Crippen LogP) is 2.87. The molecule has 0 aromatic rings. The normalized spacial score (nSPS) is 24.3. The van der Waals surface area contributed by atoms with Crippen molar-refractivity contribution in [2.24, 2.45) is 0 Å². The maximum atomic E-state index is 6.15. The van der Waals surface area contributed by atoms with Crippen molar-refractivity contribution in [3.63, 3.8) is 0 Å². The Morgan fingerprint density at radius 2 is 1.23 bits per heavy atom. The van der Waals surface area contributed by atoms with E-state index in [0.717, 1.165) is 6.67 Å². The molecule has 1 N–H and O–H groups in total. The number of piperidine rings is 1. The van der Waals surface area contributed by atoms with E-state index in [9.17, 15) is 0 Å². The minimum Gasteiger partial charge on any atom is -0.375 e. The van der Waals surface area contributed by atoms with Gasteiger partial charge < -0.3 is 19.9 Å². The Bertz CT molecular complexity index is 307. The summed E-state index contributed by atoms with van der Waals surface area (Å²) in [4.78, 5) is 7.20. The quantitative estimate of drug-likeness (QED) is 0.822. The molecule has 26 heavy (non-hydrogen) atoms. The van der Waals surface area contributed by atoms with Crippen molar-refractivity contribution >= 4 is 0 Å². The fourth-order valence-electron chi connectivity index (χ4n) is 3.82. The summed E-state index contributed by atoms with van der Waals surface area (Å²) in [6, 6.07) is 0. The molecule has 2 aliphatic heterocycles. The first-order chi connectivity index (χ1) is 12.7. The number of rotatable bonds is 4. The number of hydrogen-bond acceptors (Lipinski definition) is 5. The van der Waals surface area contributed by atoms with Crippen LogP contribution in [-0.2, 0) is 4.74 Å². The lowest BCUT2D eigenvalue weighted by atomic mass is 9.97. The molecule has 0 bridgehead atoms. The lowest BCUT2D eigenvalue weighted by Crippen LogP contribution is -2.47. The van der Waals surface area contributed by atoms with Crippen LogP contribution in [0, 0.1) is 0 Å². The minimum absolute atomic E-state index is 0.564. The zero-order valence-electron chi connectivity index (χ0n) is 18.3. The minimum atomic E-state index is 0.564. The van der Waals surface area contributed by atoms with Crippen LogP contribution >= 0.6 is 0 Å². The van der Waals surface area contributed by atoms with Gasteiger partial charge in [0.15, 0.2) is 0 Å². The highest BCUT2D eigenvalue weighted by Gasteiger charge is 2.22. The fourth-order valence-corrected chi connectivity index (χ4v) is 3.82. The van der Waals surface area contributed by atoms with Crippen molar-refractivity contribution < 1.29 is 4.74 Å². The summed E-state index contributed by atoms with van der Waals surface area (Å²) in [5.74, 6) is 0. The molecule has 156 valence electrons. The van der Waals surface area contributed by atoms with Gasteiger partial charge in [-0.1, -0.05) is 33.1 Å². The third-order valence-corrected chi connectivity index (χ3v) is 5.58. The van der Waals surface area contributed by atoms with Crippen LogP contribution < -0.4 is 5.32 Å². The van der Waals surface area contributed by atoms with E-state index >= 15 is 0 Å². The molecular weight excluding hydrogens is 324 g/mol. The molecule has 1 saturated carbocycles. The van der Waals surface area contributed by atoms with Gasteiger partial charge >= 0.3 is 0 Å². The van der Waals surface area contributed by atoms with Gasteiger partial charge in [0.25, 0.3) is 0 Å². The Balaban J connectivity index is 0.000000249. The van der Waals surface area contributed by atoms with Gasteiger partial charge in [-0.2, -0.15) is 0 Å². The van der Waals surface area contributed by atoms with Crippen molar-refractivity contribution in [1.82, 2.24) is 20.0 Å². The molecule has 0 unspecified atom stereocenters. The topological polar surface area (TPSA) is 31.0 Å². The summed E-state index contributed by atoms with van der Waals surface area (Å²) in [5, 5.41) is 3.16. The van der Waals surface area contributed by atoms with Crippen LogP contribution in [0.15, 0.2) is 0 Å². The van der Waals surface area contributed by atoms with Crippen LogP contribution in [0.4, 0.5) is 0 Å². The van der Waals surface area contributed by atoms with Crippen LogP contribution in [0.5, 0.6) is 0 Å². The molecule has 0 aromatic carbocycles. The molecular formula is C21H46N4O. The second-order valence-electron chi connectivity index (χ2n) is 7.83. The smallest absolute Gasteiger partial charge is 0.0603 e. The fraction of sp³-hybridized carbons (Fsp3) is 1.00. The number of likely N-dealkylation sites (tertiary alicyclic amines) is 1. The van der Waals surface area contributed by atoms with E-state index < -0.39 is 0 Å². The summed E-state index contributed by atoms with van der Waals surface area (Å²) >= 11 is 0. The molecule has 2 heterocycles. The number of hydrogen-bond donors (Lipinski definition) is 1. The largest absolute Gasteiger partial charge is 0.375 e. The molecule has 0 radical (unpaired) electrons. The molecule has 3 rings (SSSR count). The van der Waals surface area contributed by atoms with Crippen molar-refractivity contribution in [1.29, 1.82) is 0 Å². The molecule has 2 saturated heterocycles. The zero-order chi connectivity index (χ0) is 19.2. The molecule has 0 atom stereocenters. The molecule has 5 heteroatoms. The Morgan fingerprint density at radius 3 is 1.77 bits per heavy atom. The van der Waals surface area contributed by atoms with Crippen molar-refractivity contribution in [3.8, 4) is 0 Å². The second kappa shape index (κ2) is 14.8. The van der Waals surface area contributed by atoms with Crippen LogP contribution in [0.3, 0.4) is 0 Å². The number of piperazine rings is 1. The average molecular weight is 371 g/mol. The summed E-state index contributed by atoms with van der Waals surface area (Å²) in [7, 11) is 6.38. The highest BCUT2D eigenvalue weighted by atomic mass is 16.5. The van der Waals surface area contributed by atoms with Gasteiger partial charge in [-0.3, -0.25) is 4.90 Å². The first kappa shape index (κ1) is 23.8. The van der Waals surface area contributed by atoms with E-state index in [4.69, 9.17) is 4.74 Å². The standard InChI is InChI=1S/C12H23NO.C7H17N3.C2H6/c1-13-9-7-12(8-10-13)14-11-5-3-2-4-6-11;1-8-7-10-5-3-9(2)4-6-10;1-2/h11-12H,2-10H2,1H3;8H,3-7H2,1-2H3;1-2H3. The zero-order valence-corrected chi connectivity index (χ0v) is 18.3. The number of nitrogens with one attached hydrogen (secondary N) is 1. The Morgan fingerprint density at radius 1 is 0.731 bits per heavy atom. The van der Waals surface area contributed by atoms with Crippen LogP contribution in [-0.4, -0.2) is 94.0 Å². The third-order valence-electron chi connectivity index (χ3n) is 5.58. The van der Waals surface area contributed by atoms with Gasteiger partial charge in [-0.15, -0.1) is 0 Å². The summed E-state index contributed by atoms with van der Waals surface area (Å²) in [6.45, 7) is 12.3. The molecule has 3 fully saturated rings. The third kappa shape index (κ3) is 10.2. The first-order valence-corrected chi connectivity index (χ1v) is 11.1. The summed E-state index contributed by atoms with van der Waals surface area (Å²) < 4.78 is 6.15. The highest BCUT2D eigenvalue weighted by Crippen LogP contribution is 2.24. The van der Waals surface area contributed by atoms with Gasteiger partial charge in [0.2, 0.25) is 0 Å². The van der Waals surface area contributed by atoms with Gasteiger partial charge in [-0.25, -0.2) is 0 Å². The number of ether oxygens (including phenoxy) is 1. The monoisotopic (exact) mass is 370 g/mol. The average Bonchev–Trinajstić information content (AvgIpc) is 2.69. The van der Waals surface area contributed by atoms with E-state index in [2.05, 4.69) is 34.1 Å². The van der Waals surface area contributed by atoms with Crippen molar-refractivity contribution in [2.45, 2.75) is 71.0 Å². The summed E-state index contributed by atoms with van der Waals surface area (Å²) in [5.41, 5.74) is 0. The molecule has 0 spiro atoms. The maximum absolute atomic E-state index is 6.15. The lowest BCUT2D eigenvalue weighted by Gasteiger charge is -2.33. The molecule has 3 aliphatic rings. The van der Waals surface area contributed by atoms with E-state index in [1.807, 2.05) is 20.9 Å². The summed E-state index contributed by atoms with van der Waals surface area (Å²) in [6.07, 6.45) is 10.5. The first-order valence-electron chi connectivity index (χ1n) is 11.1. The Hall–Kier alpha value is -0.200. The van der Waals surface area contributed by atoms with Gasteiger partial charge in [0, 0.05) is 45.9 Å². The number of likely N-dealkylation sites (N-methyl/N-ethyl adjacent to an activating group) is 1. The number of nitrogens with zero attached hydrogens (tertiary/aromatic N) is 3. The molecule has 1 aliphatic carbocycles. The lowest BCUT2D eigenvalue weighted by molar-refractivity contribution is -0.0532. The SMILES string of the molecule is CC.CN1CCC(OC2CCCCC2)CC1.CNCN1CCN(C)CC1. The maximum Gasteiger partial charge on any atom is 0.0603 e. The Kier molecular flexibility index (Phi) is 13.6. The molecule has 0 amide bonds. The second-order valence-corrected chi connectivity index (χ2v) is 7.83. The Labute approximate surface area is 163 Å². The van der Waals surface area contributed by atoms with E-state index in [-0.39, 0.29) is 0 Å². The molecule has 0 aromatic heterocycles. The van der Waals surface area contributed by atoms with Gasteiger partial charge in [0.05, 0.1) is 12.2 Å². The van der Waals surface area contributed by atoms with Crippen LogP contribution in [0.25, 0.3) is 0 Å². The molecule has 5 nitrogen and oxygen atoms in total. The van der Waals surface area contributed by atoms with Crippen molar-refractivity contribution in [2.75, 3.05) is 67.1 Å². The predicted molar refractivity (Wildman–Crippen MR) is 113 cm³/mol.